The van der Waals surface area contributed by atoms with Gasteiger partial charge in [-0.25, -0.2) is 4.63 Å². The summed E-state index contributed by atoms with van der Waals surface area (Å²) in [4.78, 5) is 24.9. The Labute approximate surface area is 119 Å². The molecule has 2 heterocycles. The number of nitrogens with two attached hydrogens (primary N) is 1. The number of amides is 1. The molecule has 8 nitrogen and oxygen atoms in total. The summed E-state index contributed by atoms with van der Waals surface area (Å²) in [6.45, 7) is 0.261. The Morgan fingerprint density at radius 2 is 2.14 bits per heavy atom. The highest BCUT2D eigenvalue weighted by Gasteiger charge is 2.35. The number of hydrogen-bond donors (Lipinski definition) is 2. The number of nitrogen functional groups attached to an aromatic ring is 1. The van der Waals surface area contributed by atoms with E-state index in [0.29, 0.717) is 5.69 Å². The fourth-order valence-corrected chi connectivity index (χ4v) is 2.54. The number of carboxylic acid groups (broad SMARTS) is 1. The van der Waals surface area contributed by atoms with Crippen LogP contribution in [0.25, 0.3) is 0 Å². The number of rotatable bonds is 3. The summed E-state index contributed by atoms with van der Waals surface area (Å²) in [5.74, 6) is -1.70. The first-order chi connectivity index (χ1) is 10.1. The van der Waals surface area contributed by atoms with Gasteiger partial charge in [0, 0.05) is 18.2 Å². The van der Waals surface area contributed by atoms with Crippen LogP contribution in [-0.2, 0) is 4.79 Å². The molecule has 2 aromatic rings. The number of anilines is 2. The van der Waals surface area contributed by atoms with E-state index in [4.69, 9.17) is 10.8 Å². The number of nitrogens with zero attached hydrogens (tertiary/aromatic N) is 3. The van der Waals surface area contributed by atoms with Crippen LogP contribution in [0.1, 0.15) is 28.4 Å². The zero-order valence-corrected chi connectivity index (χ0v) is 10.9. The summed E-state index contributed by atoms with van der Waals surface area (Å²) in [5, 5.41) is 15.9. The van der Waals surface area contributed by atoms with Crippen LogP contribution in [0.15, 0.2) is 28.9 Å². The zero-order chi connectivity index (χ0) is 15.0. The number of aliphatic carboxylic acids is 1. The molecule has 1 aromatic heterocycles. The second-order valence-corrected chi connectivity index (χ2v) is 4.77. The molecule has 3 N–H and O–H groups in total. The topological polar surface area (TPSA) is 123 Å². The number of carbonyl (C=O) groups is 2. The molecule has 3 rings (SSSR count). The minimum Gasteiger partial charge on any atom is -0.481 e. The van der Waals surface area contributed by atoms with Crippen molar-refractivity contribution in [3.63, 3.8) is 0 Å². The molecule has 1 aromatic carbocycles. The van der Waals surface area contributed by atoms with Crippen LogP contribution in [0, 0.1) is 0 Å². The van der Waals surface area contributed by atoms with Gasteiger partial charge in [0.25, 0.3) is 5.91 Å². The molecule has 1 amide bonds. The summed E-state index contributed by atoms with van der Waals surface area (Å²) < 4.78 is 4.44. The number of para-hydroxylation sites is 1. The van der Waals surface area contributed by atoms with Gasteiger partial charge in [0.15, 0.2) is 0 Å². The van der Waals surface area contributed by atoms with Gasteiger partial charge in [0.2, 0.25) is 11.5 Å². The first kappa shape index (κ1) is 13.1. The normalized spacial score (nSPS) is 16.8. The summed E-state index contributed by atoms with van der Waals surface area (Å²) >= 11 is 0. The van der Waals surface area contributed by atoms with E-state index in [0.717, 1.165) is 5.56 Å². The van der Waals surface area contributed by atoms with Crippen LogP contribution in [0.4, 0.5) is 11.5 Å². The molecular weight excluding hydrogens is 276 g/mol. The molecule has 0 saturated heterocycles. The van der Waals surface area contributed by atoms with E-state index >= 15 is 0 Å². The Hall–Kier alpha value is -2.90. The molecule has 0 bridgehead atoms. The van der Waals surface area contributed by atoms with Gasteiger partial charge in [0.1, 0.15) is 0 Å². The fraction of sp³-hybridized carbons (Fsp3) is 0.231. The second kappa shape index (κ2) is 4.89. The maximum atomic E-state index is 12.5. The van der Waals surface area contributed by atoms with Gasteiger partial charge >= 0.3 is 5.97 Å². The maximum absolute atomic E-state index is 12.5. The summed E-state index contributed by atoms with van der Waals surface area (Å²) in [7, 11) is 0. The summed E-state index contributed by atoms with van der Waals surface area (Å²) in [5.41, 5.74) is 6.95. The van der Waals surface area contributed by atoms with Gasteiger partial charge in [0.05, 0.1) is 6.42 Å². The molecule has 1 atom stereocenters. The lowest BCUT2D eigenvalue weighted by atomic mass is 9.98. The Balaban J connectivity index is 1.96. The van der Waals surface area contributed by atoms with Gasteiger partial charge in [-0.1, -0.05) is 18.2 Å². The van der Waals surface area contributed by atoms with Crippen molar-refractivity contribution in [2.24, 2.45) is 0 Å². The first-order valence-electron chi connectivity index (χ1n) is 6.28. The second-order valence-electron chi connectivity index (χ2n) is 4.77. The molecule has 1 aliphatic rings. The summed E-state index contributed by atoms with van der Waals surface area (Å²) in [6, 6.07) is 7.18. The SMILES string of the molecule is Nc1nonc1C(=O)N1CC(CC(=O)O)c2ccccc21. The van der Waals surface area contributed by atoms with E-state index in [1.54, 1.807) is 12.1 Å². The van der Waals surface area contributed by atoms with Gasteiger partial charge < -0.3 is 15.7 Å². The Morgan fingerprint density at radius 1 is 1.38 bits per heavy atom. The van der Waals surface area contributed by atoms with E-state index in [1.165, 1.54) is 4.90 Å². The molecule has 8 heteroatoms. The molecule has 0 spiro atoms. The van der Waals surface area contributed by atoms with Crippen LogP contribution in [0.2, 0.25) is 0 Å². The number of fused-ring (bicyclic) bond motifs is 1. The van der Waals surface area contributed by atoms with E-state index in [-0.39, 0.29) is 30.4 Å². The van der Waals surface area contributed by atoms with E-state index in [1.807, 2.05) is 12.1 Å². The van der Waals surface area contributed by atoms with Crippen molar-refractivity contribution < 1.29 is 19.3 Å². The quantitative estimate of drug-likeness (QED) is 0.858. The Kier molecular flexibility index (Phi) is 3.05. The van der Waals surface area contributed by atoms with Gasteiger partial charge in [-0.2, -0.15) is 0 Å². The summed E-state index contributed by atoms with van der Waals surface area (Å²) in [6.07, 6.45) is -0.0483. The van der Waals surface area contributed by atoms with Crippen molar-refractivity contribution in [2.75, 3.05) is 17.2 Å². The number of aromatic nitrogens is 2. The van der Waals surface area contributed by atoms with Crippen molar-refractivity contribution in [3.8, 4) is 0 Å². The fourth-order valence-electron chi connectivity index (χ4n) is 2.54. The van der Waals surface area contributed by atoms with E-state index in [9.17, 15) is 9.59 Å². The molecule has 21 heavy (non-hydrogen) atoms. The largest absolute Gasteiger partial charge is 0.481 e. The van der Waals surface area contributed by atoms with Gasteiger partial charge in [-0.15, -0.1) is 0 Å². The number of carbonyl (C=O) groups excluding carboxylic acids is 1. The Bertz CT molecular complexity index is 712. The lowest BCUT2D eigenvalue weighted by molar-refractivity contribution is -0.137. The third kappa shape index (κ3) is 2.20. The van der Waals surface area contributed by atoms with Crippen molar-refractivity contribution in [2.45, 2.75) is 12.3 Å². The first-order valence-corrected chi connectivity index (χ1v) is 6.28. The molecule has 0 aliphatic carbocycles. The van der Waals surface area contributed by atoms with Crippen LogP contribution in [-0.4, -0.2) is 33.8 Å². The number of benzene rings is 1. The predicted octanol–water partition coefficient (Wildman–Crippen LogP) is 0.870. The molecular formula is C13H12N4O4. The molecule has 1 aliphatic heterocycles. The van der Waals surface area contributed by atoms with Crippen molar-refractivity contribution in [3.05, 3.63) is 35.5 Å². The molecule has 0 fully saturated rings. The van der Waals surface area contributed by atoms with Crippen molar-refractivity contribution in [1.29, 1.82) is 0 Å². The Morgan fingerprint density at radius 3 is 2.81 bits per heavy atom. The monoisotopic (exact) mass is 288 g/mol. The van der Waals surface area contributed by atoms with Crippen molar-refractivity contribution in [1.82, 2.24) is 10.3 Å². The average molecular weight is 288 g/mol. The molecule has 0 radical (unpaired) electrons. The predicted molar refractivity (Wildman–Crippen MR) is 71.8 cm³/mol. The number of hydrogen-bond acceptors (Lipinski definition) is 6. The van der Waals surface area contributed by atoms with E-state index < -0.39 is 11.9 Å². The third-order valence-electron chi connectivity index (χ3n) is 3.45. The van der Waals surface area contributed by atoms with Crippen LogP contribution >= 0.6 is 0 Å². The van der Waals surface area contributed by atoms with Gasteiger partial charge in [-0.3, -0.25) is 9.59 Å². The smallest absolute Gasteiger partial charge is 0.304 e. The average Bonchev–Trinajstić information content (AvgIpc) is 3.02. The van der Waals surface area contributed by atoms with Gasteiger partial charge in [-0.05, 0) is 21.9 Å². The third-order valence-corrected chi connectivity index (χ3v) is 3.45. The van der Waals surface area contributed by atoms with Crippen LogP contribution < -0.4 is 10.6 Å². The van der Waals surface area contributed by atoms with Crippen molar-refractivity contribution >= 4 is 23.4 Å². The lowest BCUT2D eigenvalue weighted by Gasteiger charge is -2.16. The zero-order valence-electron chi connectivity index (χ0n) is 10.9. The molecule has 108 valence electrons. The maximum Gasteiger partial charge on any atom is 0.304 e. The van der Waals surface area contributed by atoms with Crippen LogP contribution in [0.3, 0.4) is 0 Å². The minimum absolute atomic E-state index is 0.0483. The van der Waals surface area contributed by atoms with Crippen LogP contribution in [0.5, 0.6) is 0 Å². The van der Waals surface area contributed by atoms with E-state index in [2.05, 4.69) is 14.9 Å². The standard InChI is InChI=1S/C13H12N4O4/c14-12-11(15-21-16-12)13(20)17-6-7(5-10(18)19)8-3-1-2-4-9(8)17/h1-4,7H,5-6H2,(H2,14,16)(H,18,19). The minimum atomic E-state index is -0.910. The lowest BCUT2D eigenvalue weighted by Crippen LogP contribution is -2.31. The highest BCUT2D eigenvalue weighted by Crippen LogP contribution is 2.38. The highest BCUT2D eigenvalue weighted by atomic mass is 16.6. The molecule has 1 unspecified atom stereocenters. The molecule has 0 saturated carbocycles. The number of carboxylic acids is 1. The highest BCUT2D eigenvalue weighted by molar-refractivity contribution is 6.08.